The van der Waals surface area contributed by atoms with E-state index < -0.39 is 6.89 Å². The van der Waals surface area contributed by atoms with Crippen LogP contribution in [-0.4, -0.2) is 31.4 Å². The van der Waals surface area contributed by atoms with Crippen molar-refractivity contribution in [3.05, 3.63) is 0 Å². The molecule has 0 aliphatic carbocycles. The van der Waals surface area contributed by atoms with Crippen LogP contribution in [0.15, 0.2) is 0 Å². The molecule has 0 saturated carbocycles. The monoisotopic (exact) mass is 162 g/mol. The van der Waals surface area contributed by atoms with E-state index in [4.69, 9.17) is 9.47 Å². The molecule has 1 saturated heterocycles. The van der Waals surface area contributed by atoms with E-state index in [9.17, 15) is 0 Å². The molecular formula is C7H15O2P. The zero-order chi connectivity index (χ0) is 7.61. The van der Waals surface area contributed by atoms with Crippen molar-refractivity contribution in [1.29, 1.82) is 0 Å². The third kappa shape index (κ3) is 1.63. The summed E-state index contributed by atoms with van der Waals surface area (Å²) in [5.41, 5.74) is 0. The highest BCUT2D eigenvalue weighted by Gasteiger charge is 2.17. The van der Waals surface area contributed by atoms with Crippen molar-refractivity contribution in [2.75, 3.05) is 26.2 Å². The highest BCUT2D eigenvalue weighted by Crippen LogP contribution is 2.46. The van der Waals surface area contributed by atoms with Crippen molar-refractivity contribution in [3.63, 3.8) is 0 Å². The van der Waals surface area contributed by atoms with Crippen molar-refractivity contribution in [3.8, 4) is 0 Å². The Hall–Kier alpha value is 0.220. The van der Waals surface area contributed by atoms with Gasteiger partial charge in [0.1, 0.15) is 6.79 Å². The fourth-order valence-electron chi connectivity index (χ4n) is 0.832. The third-order valence-electron chi connectivity index (χ3n) is 2.00. The molecular weight excluding hydrogens is 147 g/mol. The van der Waals surface area contributed by atoms with Gasteiger partial charge in [0.25, 0.3) is 0 Å². The zero-order valence-electron chi connectivity index (χ0n) is 6.89. The molecule has 2 nitrogen and oxygen atoms in total. The van der Waals surface area contributed by atoms with Crippen LogP contribution < -0.4 is 0 Å². The van der Waals surface area contributed by atoms with E-state index in [2.05, 4.69) is 20.5 Å². The quantitative estimate of drug-likeness (QED) is 0.505. The van der Waals surface area contributed by atoms with Crippen LogP contribution >= 0.6 is 6.89 Å². The summed E-state index contributed by atoms with van der Waals surface area (Å²) in [6, 6.07) is 0. The molecule has 1 aliphatic heterocycles. The van der Waals surface area contributed by atoms with E-state index in [1.54, 1.807) is 0 Å². The van der Waals surface area contributed by atoms with Crippen molar-refractivity contribution in [2.45, 2.75) is 13.8 Å². The summed E-state index contributed by atoms with van der Waals surface area (Å²) in [7, 11) is 0. The van der Waals surface area contributed by atoms with Gasteiger partial charge >= 0.3 is 0 Å². The molecule has 0 atom stereocenters. The molecule has 0 unspecified atom stereocenters. The van der Waals surface area contributed by atoms with Gasteiger partial charge in [-0.05, 0) is 20.5 Å². The highest BCUT2D eigenvalue weighted by molar-refractivity contribution is 7.75. The molecule has 1 rings (SSSR count). The predicted octanol–water partition coefficient (Wildman–Crippen LogP) is 1.77. The van der Waals surface area contributed by atoms with E-state index in [0.717, 1.165) is 12.7 Å². The lowest BCUT2D eigenvalue weighted by Gasteiger charge is -2.28. The first-order valence-corrected chi connectivity index (χ1v) is 6.06. The van der Waals surface area contributed by atoms with E-state index in [-0.39, 0.29) is 0 Å². The molecule has 1 aliphatic rings. The molecule has 0 aromatic rings. The van der Waals surface area contributed by atoms with Gasteiger partial charge in [-0.3, -0.25) is 0 Å². The topological polar surface area (TPSA) is 18.5 Å². The van der Waals surface area contributed by atoms with E-state index in [1.807, 2.05) is 0 Å². The number of ether oxygens (including phenoxy) is 2. The average molecular weight is 162 g/mol. The largest absolute Gasteiger partial charge is 0.351 e. The predicted molar refractivity (Wildman–Crippen MR) is 46.0 cm³/mol. The van der Waals surface area contributed by atoms with E-state index in [1.165, 1.54) is 5.29 Å². The molecule has 0 aromatic heterocycles. The minimum atomic E-state index is -0.963. The normalized spacial score (nSPS) is 24.3. The maximum absolute atomic E-state index is 5.25. The van der Waals surface area contributed by atoms with Crippen LogP contribution in [0, 0.1) is 0 Å². The van der Waals surface area contributed by atoms with Crippen LogP contribution in [0.4, 0.5) is 0 Å². The average Bonchev–Trinajstić information content (AvgIpc) is 1.89. The highest BCUT2D eigenvalue weighted by atomic mass is 31.2. The van der Waals surface area contributed by atoms with Crippen molar-refractivity contribution in [1.82, 2.24) is 0 Å². The Balaban J connectivity index is 2.76. The van der Waals surface area contributed by atoms with Crippen LogP contribution in [0.1, 0.15) is 13.8 Å². The summed E-state index contributed by atoms with van der Waals surface area (Å²) >= 11 is 0. The minimum Gasteiger partial charge on any atom is -0.351 e. The molecule has 0 aromatic carbocycles. The summed E-state index contributed by atoms with van der Waals surface area (Å²) in [5.74, 6) is 0. The SMILES string of the molecule is CC(C)=P1(C)COCOC1. The maximum atomic E-state index is 5.25. The first-order valence-electron chi connectivity index (χ1n) is 3.46. The van der Waals surface area contributed by atoms with Crippen LogP contribution in [-0.2, 0) is 9.47 Å². The second-order valence-electron chi connectivity index (χ2n) is 3.13. The molecule has 1 heterocycles. The summed E-state index contributed by atoms with van der Waals surface area (Å²) < 4.78 is 10.5. The van der Waals surface area contributed by atoms with Gasteiger partial charge in [0, 0.05) is 0 Å². The number of hydrogen-bond donors (Lipinski definition) is 0. The van der Waals surface area contributed by atoms with Gasteiger partial charge in [-0.1, -0.05) is 12.2 Å². The molecule has 0 N–H and O–H groups in total. The standard InChI is InChI=1S/C7H15O2P/c1-7(2)10(3)5-8-4-9-6-10/h4-6H2,1-3H3. The minimum absolute atomic E-state index is 0.489. The lowest BCUT2D eigenvalue weighted by atomic mass is 10.6. The Kier molecular flexibility index (Phi) is 2.56. The lowest BCUT2D eigenvalue weighted by molar-refractivity contribution is -0.0347. The van der Waals surface area contributed by atoms with Crippen molar-refractivity contribution in [2.24, 2.45) is 0 Å². The van der Waals surface area contributed by atoms with Crippen LogP contribution in [0.25, 0.3) is 0 Å². The summed E-state index contributed by atoms with van der Waals surface area (Å²) in [6.45, 7) is 6.15. The van der Waals surface area contributed by atoms with E-state index >= 15 is 0 Å². The second kappa shape index (κ2) is 3.08. The lowest BCUT2D eigenvalue weighted by Crippen LogP contribution is -2.15. The number of rotatable bonds is 0. The molecule has 0 amide bonds. The molecule has 0 bridgehead atoms. The van der Waals surface area contributed by atoms with Gasteiger partial charge in [-0.15, -0.1) is 0 Å². The van der Waals surface area contributed by atoms with Gasteiger partial charge in [0.05, 0.1) is 12.7 Å². The Morgan fingerprint density at radius 3 is 2.00 bits per heavy atom. The third-order valence-corrected chi connectivity index (χ3v) is 5.66. The van der Waals surface area contributed by atoms with Crippen molar-refractivity contribution < 1.29 is 9.47 Å². The fraction of sp³-hybridized carbons (Fsp3) is 0.857. The first kappa shape index (κ1) is 8.32. The molecule has 3 heteroatoms. The molecule has 10 heavy (non-hydrogen) atoms. The molecule has 60 valence electrons. The summed E-state index contributed by atoms with van der Waals surface area (Å²) in [5, 5.41) is 1.49. The molecule has 1 fully saturated rings. The Bertz CT molecular complexity index is 160. The van der Waals surface area contributed by atoms with Gasteiger partial charge in [0.2, 0.25) is 0 Å². The Morgan fingerprint density at radius 2 is 1.70 bits per heavy atom. The van der Waals surface area contributed by atoms with Gasteiger partial charge in [-0.2, -0.15) is 0 Å². The summed E-state index contributed by atoms with van der Waals surface area (Å²) in [4.78, 5) is 0. The first-order chi connectivity index (χ1) is 4.65. The molecule has 0 spiro atoms. The van der Waals surface area contributed by atoms with Crippen LogP contribution in [0.2, 0.25) is 0 Å². The van der Waals surface area contributed by atoms with Crippen LogP contribution in [0.5, 0.6) is 0 Å². The Labute approximate surface area is 62.5 Å². The van der Waals surface area contributed by atoms with Gasteiger partial charge in [0.15, 0.2) is 0 Å². The second-order valence-corrected chi connectivity index (χ2v) is 7.33. The number of hydrogen-bond acceptors (Lipinski definition) is 2. The summed E-state index contributed by atoms with van der Waals surface area (Å²) in [6.07, 6.45) is 1.82. The van der Waals surface area contributed by atoms with Gasteiger partial charge < -0.3 is 9.47 Å². The fourth-order valence-corrected chi connectivity index (χ4v) is 2.38. The van der Waals surface area contributed by atoms with Gasteiger partial charge in [-0.25, -0.2) is 0 Å². The van der Waals surface area contributed by atoms with Crippen LogP contribution in [0.3, 0.4) is 0 Å². The van der Waals surface area contributed by atoms with Crippen molar-refractivity contribution >= 4 is 12.2 Å². The molecule has 0 radical (unpaired) electrons. The smallest absolute Gasteiger partial charge is 0.147 e. The van der Waals surface area contributed by atoms with E-state index in [0.29, 0.717) is 6.79 Å². The maximum Gasteiger partial charge on any atom is 0.147 e. The Morgan fingerprint density at radius 1 is 1.20 bits per heavy atom. The zero-order valence-corrected chi connectivity index (χ0v) is 7.78.